The second-order valence-electron chi connectivity index (χ2n) is 4.59. The predicted octanol–water partition coefficient (Wildman–Crippen LogP) is 0.856. The molecular weight excluding hydrogens is 204 g/mol. The molecule has 94 valence electrons. The largest absolute Gasteiger partial charge is 0.383 e. The molecule has 0 aliphatic heterocycles. The third-order valence-corrected chi connectivity index (χ3v) is 3.23. The Morgan fingerprint density at radius 1 is 1.50 bits per heavy atom. The van der Waals surface area contributed by atoms with Crippen LogP contribution in [0.3, 0.4) is 0 Å². The monoisotopic (exact) mass is 228 g/mol. The Balaban J connectivity index is 2.41. The van der Waals surface area contributed by atoms with Gasteiger partial charge in [0.05, 0.1) is 6.61 Å². The summed E-state index contributed by atoms with van der Waals surface area (Å²) >= 11 is 0. The topological polar surface area (TPSA) is 55.6 Å². The third-order valence-electron chi connectivity index (χ3n) is 3.23. The number of amides is 1. The predicted molar refractivity (Wildman–Crippen MR) is 64.0 cm³/mol. The molecule has 0 saturated heterocycles. The molecule has 0 heterocycles. The lowest BCUT2D eigenvalue weighted by Crippen LogP contribution is -2.39. The lowest BCUT2D eigenvalue weighted by molar-refractivity contribution is -0.136. The molecule has 2 N–H and O–H groups in total. The number of hydrogen-bond acceptors (Lipinski definition) is 3. The van der Waals surface area contributed by atoms with Gasteiger partial charge in [-0.25, -0.2) is 0 Å². The van der Waals surface area contributed by atoms with Crippen LogP contribution >= 0.6 is 0 Å². The number of carbonyl (C=O) groups excluding carboxylic acids is 1. The first kappa shape index (κ1) is 13.5. The van der Waals surface area contributed by atoms with Gasteiger partial charge in [-0.2, -0.15) is 0 Å². The number of hydrogen-bond donors (Lipinski definition) is 1. The van der Waals surface area contributed by atoms with Crippen molar-refractivity contribution >= 4 is 5.91 Å². The van der Waals surface area contributed by atoms with Crippen molar-refractivity contribution in [2.24, 2.45) is 17.6 Å². The summed E-state index contributed by atoms with van der Waals surface area (Å²) in [6.07, 6.45) is 3.29. The smallest absolute Gasteiger partial charge is 0.225 e. The van der Waals surface area contributed by atoms with E-state index in [2.05, 4.69) is 0 Å². The molecule has 1 aliphatic carbocycles. The van der Waals surface area contributed by atoms with E-state index in [1.54, 1.807) is 7.11 Å². The van der Waals surface area contributed by atoms with E-state index in [1.807, 2.05) is 11.8 Å². The highest BCUT2D eigenvalue weighted by atomic mass is 16.5. The van der Waals surface area contributed by atoms with Crippen LogP contribution in [0.1, 0.15) is 26.2 Å². The van der Waals surface area contributed by atoms with Gasteiger partial charge in [0.25, 0.3) is 0 Å². The maximum atomic E-state index is 12.2. The zero-order chi connectivity index (χ0) is 12.0. The molecular formula is C12H24N2O2. The third kappa shape index (κ3) is 4.10. The van der Waals surface area contributed by atoms with Crippen molar-refractivity contribution in [1.82, 2.24) is 4.90 Å². The van der Waals surface area contributed by atoms with E-state index in [9.17, 15) is 4.79 Å². The minimum absolute atomic E-state index is 0.176. The molecule has 1 fully saturated rings. The van der Waals surface area contributed by atoms with Gasteiger partial charge in [-0.05, 0) is 31.7 Å². The number of methoxy groups -OCH3 is 1. The summed E-state index contributed by atoms with van der Waals surface area (Å²) in [5.74, 6) is 1.07. The molecule has 1 atom stereocenters. The fraction of sp³-hybridized carbons (Fsp3) is 0.917. The van der Waals surface area contributed by atoms with Crippen LogP contribution < -0.4 is 5.73 Å². The Kier molecular flexibility index (Phi) is 5.77. The van der Waals surface area contributed by atoms with Crippen LogP contribution in [0.4, 0.5) is 0 Å². The maximum Gasteiger partial charge on any atom is 0.225 e. The number of rotatable bonds is 8. The SMILES string of the molecule is COCCN(CCCN)C(=O)C(C)C1CC1. The Morgan fingerprint density at radius 2 is 2.19 bits per heavy atom. The Labute approximate surface area is 98.1 Å². The Morgan fingerprint density at radius 3 is 2.69 bits per heavy atom. The highest BCUT2D eigenvalue weighted by Gasteiger charge is 2.34. The molecule has 1 unspecified atom stereocenters. The van der Waals surface area contributed by atoms with E-state index >= 15 is 0 Å². The highest BCUT2D eigenvalue weighted by Crippen LogP contribution is 2.37. The van der Waals surface area contributed by atoms with Crippen LogP contribution in [0.25, 0.3) is 0 Å². The highest BCUT2D eigenvalue weighted by molar-refractivity contribution is 5.79. The zero-order valence-corrected chi connectivity index (χ0v) is 10.4. The van der Waals surface area contributed by atoms with E-state index in [-0.39, 0.29) is 11.8 Å². The van der Waals surface area contributed by atoms with Crippen molar-refractivity contribution in [3.63, 3.8) is 0 Å². The van der Waals surface area contributed by atoms with Crippen molar-refractivity contribution in [3.8, 4) is 0 Å². The van der Waals surface area contributed by atoms with E-state index in [0.29, 0.717) is 25.6 Å². The fourth-order valence-corrected chi connectivity index (χ4v) is 1.90. The summed E-state index contributed by atoms with van der Waals surface area (Å²) in [4.78, 5) is 14.1. The van der Waals surface area contributed by atoms with Crippen LogP contribution in [-0.2, 0) is 9.53 Å². The van der Waals surface area contributed by atoms with Gasteiger partial charge in [-0.15, -0.1) is 0 Å². The molecule has 4 heteroatoms. The average Bonchev–Trinajstić information content (AvgIpc) is 3.11. The van der Waals surface area contributed by atoms with Gasteiger partial charge in [0.15, 0.2) is 0 Å². The van der Waals surface area contributed by atoms with E-state index in [4.69, 9.17) is 10.5 Å². The minimum Gasteiger partial charge on any atom is -0.383 e. The second kappa shape index (κ2) is 6.86. The van der Waals surface area contributed by atoms with Crippen molar-refractivity contribution in [1.29, 1.82) is 0 Å². The number of nitrogens with two attached hydrogens (primary N) is 1. The van der Waals surface area contributed by atoms with E-state index in [1.165, 1.54) is 12.8 Å². The molecule has 0 aromatic rings. The van der Waals surface area contributed by atoms with Crippen molar-refractivity contribution in [3.05, 3.63) is 0 Å². The summed E-state index contributed by atoms with van der Waals surface area (Å²) < 4.78 is 5.03. The van der Waals surface area contributed by atoms with Gasteiger partial charge in [0.2, 0.25) is 5.91 Å². The van der Waals surface area contributed by atoms with Crippen LogP contribution in [0, 0.1) is 11.8 Å². The van der Waals surface area contributed by atoms with Gasteiger partial charge in [-0.1, -0.05) is 6.92 Å². The Bertz CT molecular complexity index is 209. The first-order valence-electron chi connectivity index (χ1n) is 6.18. The van der Waals surface area contributed by atoms with E-state index in [0.717, 1.165) is 13.0 Å². The van der Waals surface area contributed by atoms with Crippen molar-refractivity contribution in [2.45, 2.75) is 26.2 Å². The molecule has 1 saturated carbocycles. The number of ether oxygens (including phenoxy) is 1. The van der Waals surface area contributed by atoms with Crippen LogP contribution in [0.15, 0.2) is 0 Å². The summed E-state index contributed by atoms with van der Waals surface area (Å²) in [7, 11) is 1.66. The lowest BCUT2D eigenvalue weighted by atomic mass is 10.0. The standard InChI is InChI=1S/C12H24N2O2/c1-10(11-4-5-11)12(15)14(7-3-6-13)8-9-16-2/h10-11H,3-9,13H2,1-2H3. The molecule has 4 nitrogen and oxygen atoms in total. The summed E-state index contributed by atoms with van der Waals surface area (Å²) in [5, 5.41) is 0. The number of carbonyl (C=O) groups is 1. The van der Waals surface area contributed by atoms with Crippen LogP contribution in [0.2, 0.25) is 0 Å². The van der Waals surface area contributed by atoms with Gasteiger partial charge in [-0.3, -0.25) is 4.79 Å². The van der Waals surface area contributed by atoms with Crippen molar-refractivity contribution < 1.29 is 9.53 Å². The van der Waals surface area contributed by atoms with Crippen molar-refractivity contribution in [2.75, 3.05) is 33.4 Å². The molecule has 16 heavy (non-hydrogen) atoms. The molecule has 0 radical (unpaired) electrons. The van der Waals surface area contributed by atoms with Gasteiger partial charge >= 0.3 is 0 Å². The Hall–Kier alpha value is -0.610. The fourth-order valence-electron chi connectivity index (χ4n) is 1.90. The average molecular weight is 228 g/mol. The molecule has 1 aliphatic rings. The molecule has 0 bridgehead atoms. The van der Waals surface area contributed by atoms with Crippen LogP contribution in [-0.4, -0.2) is 44.2 Å². The molecule has 0 aromatic carbocycles. The summed E-state index contributed by atoms with van der Waals surface area (Å²) in [6, 6.07) is 0. The molecule has 1 rings (SSSR count). The minimum atomic E-state index is 0.176. The summed E-state index contributed by atoms with van der Waals surface area (Å²) in [5.41, 5.74) is 5.48. The van der Waals surface area contributed by atoms with Gasteiger partial charge in [0, 0.05) is 26.1 Å². The normalized spacial score (nSPS) is 17.2. The van der Waals surface area contributed by atoms with E-state index < -0.39 is 0 Å². The van der Waals surface area contributed by atoms with Gasteiger partial charge < -0.3 is 15.4 Å². The molecule has 0 spiro atoms. The second-order valence-corrected chi connectivity index (χ2v) is 4.59. The first-order chi connectivity index (χ1) is 7.70. The zero-order valence-electron chi connectivity index (χ0n) is 10.4. The maximum absolute atomic E-state index is 12.2. The van der Waals surface area contributed by atoms with Crippen LogP contribution in [0.5, 0.6) is 0 Å². The van der Waals surface area contributed by atoms with Gasteiger partial charge in [0.1, 0.15) is 0 Å². The first-order valence-corrected chi connectivity index (χ1v) is 6.18. The number of nitrogens with zero attached hydrogens (tertiary/aromatic N) is 1. The lowest BCUT2D eigenvalue weighted by Gasteiger charge is -2.25. The quantitative estimate of drug-likeness (QED) is 0.670. The summed E-state index contributed by atoms with van der Waals surface area (Å²) in [6.45, 7) is 4.73. The molecule has 0 aromatic heterocycles. The molecule has 1 amide bonds.